The van der Waals surface area contributed by atoms with Crippen LogP contribution in [0.1, 0.15) is 50.0 Å². The Hall–Kier alpha value is -2.96. The SMILES string of the molecule is O=C(NCc1ncccc1F)N1CCCC(CCCCCc2nc3ccccc3[nH]2)C1. The summed E-state index contributed by atoms with van der Waals surface area (Å²) in [6.45, 7) is 1.66. The van der Waals surface area contributed by atoms with Crippen molar-refractivity contribution in [2.45, 2.75) is 51.5 Å². The Morgan fingerprint density at radius 2 is 2.10 bits per heavy atom. The van der Waals surface area contributed by atoms with Gasteiger partial charge in [0.1, 0.15) is 11.6 Å². The van der Waals surface area contributed by atoms with Crippen molar-refractivity contribution in [3.8, 4) is 0 Å². The number of nitrogens with one attached hydrogen (secondary N) is 2. The molecule has 2 amide bonds. The molecule has 1 unspecified atom stereocenters. The van der Waals surface area contributed by atoms with Crippen molar-refractivity contribution in [1.82, 2.24) is 25.2 Å². The lowest BCUT2D eigenvalue weighted by Gasteiger charge is -2.32. The first-order valence-corrected chi connectivity index (χ1v) is 11.2. The number of imidazole rings is 1. The molecule has 2 N–H and O–H groups in total. The van der Waals surface area contributed by atoms with Crippen molar-refractivity contribution in [1.29, 1.82) is 0 Å². The number of hydrogen-bond donors (Lipinski definition) is 2. The summed E-state index contributed by atoms with van der Waals surface area (Å²) in [7, 11) is 0. The van der Waals surface area contributed by atoms with Gasteiger partial charge in [-0.25, -0.2) is 14.2 Å². The lowest BCUT2D eigenvalue weighted by molar-refractivity contribution is 0.161. The highest BCUT2D eigenvalue weighted by Gasteiger charge is 2.23. The number of aryl methyl sites for hydroxylation is 1. The monoisotopic (exact) mass is 423 g/mol. The maximum atomic E-state index is 13.7. The van der Waals surface area contributed by atoms with Gasteiger partial charge in [-0.3, -0.25) is 4.98 Å². The number of piperidine rings is 1. The molecule has 0 aliphatic carbocycles. The molecule has 0 radical (unpaired) electrons. The van der Waals surface area contributed by atoms with Gasteiger partial charge in [-0.15, -0.1) is 0 Å². The first kappa shape index (κ1) is 21.3. The molecule has 0 saturated carbocycles. The minimum Gasteiger partial charge on any atom is -0.342 e. The number of rotatable bonds is 8. The van der Waals surface area contributed by atoms with E-state index >= 15 is 0 Å². The van der Waals surface area contributed by atoms with E-state index in [1.165, 1.54) is 31.5 Å². The fourth-order valence-electron chi connectivity index (χ4n) is 4.33. The van der Waals surface area contributed by atoms with Gasteiger partial charge < -0.3 is 15.2 Å². The Kier molecular flexibility index (Phi) is 7.12. The number of aromatic amines is 1. The number of urea groups is 1. The summed E-state index contributed by atoms with van der Waals surface area (Å²) in [6, 6.07) is 10.9. The van der Waals surface area contributed by atoms with Crippen molar-refractivity contribution >= 4 is 17.1 Å². The van der Waals surface area contributed by atoms with Gasteiger partial charge >= 0.3 is 6.03 Å². The summed E-state index contributed by atoms with van der Waals surface area (Å²) in [4.78, 5) is 26.4. The highest BCUT2D eigenvalue weighted by molar-refractivity contribution is 5.75. The van der Waals surface area contributed by atoms with E-state index in [1.807, 2.05) is 23.1 Å². The number of fused-ring (bicyclic) bond motifs is 1. The van der Waals surface area contributed by atoms with Crippen LogP contribution in [-0.2, 0) is 13.0 Å². The first-order valence-electron chi connectivity index (χ1n) is 11.2. The number of likely N-dealkylation sites (tertiary alicyclic amines) is 1. The fourth-order valence-corrected chi connectivity index (χ4v) is 4.33. The number of pyridine rings is 1. The number of para-hydroxylation sites is 2. The zero-order valence-electron chi connectivity index (χ0n) is 17.8. The van der Waals surface area contributed by atoms with E-state index < -0.39 is 0 Å². The number of benzene rings is 1. The molecule has 164 valence electrons. The molecule has 1 aliphatic rings. The summed E-state index contributed by atoms with van der Waals surface area (Å²) < 4.78 is 13.7. The van der Waals surface area contributed by atoms with Gasteiger partial charge in [0.05, 0.1) is 23.3 Å². The lowest BCUT2D eigenvalue weighted by Crippen LogP contribution is -2.45. The van der Waals surface area contributed by atoms with Crippen LogP contribution < -0.4 is 5.32 Å². The van der Waals surface area contributed by atoms with Crippen molar-refractivity contribution < 1.29 is 9.18 Å². The Labute approximate surface area is 182 Å². The maximum absolute atomic E-state index is 13.7. The van der Waals surface area contributed by atoms with E-state index in [2.05, 4.69) is 26.3 Å². The molecule has 4 rings (SSSR count). The molecule has 31 heavy (non-hydrogen) atoms. The second-order valence-electron chi connectivity index (χ2n) is 8.34. The summed E-state index contributed by atoms with van der Waals surface area (Å²) >= 11 is 0. The van der Waals surface area contributed by atoms with E-state index in [1.54, 1.807) is 6.07 Å². The topological polar surface area (TPSA) is 73.9 Å². The van der Waals surface area contributed by atoms with E-state index in [4.69, 9.17) is 0 Å². The Morgan fingerprint density at radius 3 is 2.97 bits per heavy atom. The van der Waals surface area contributed by atoms with Crippen LogP contribution in [0.15, 0.2) is 42.6 Å². The molecule has 1 saturated heterocycles. The molecule has 7 heteroatoms. The molecule has 0 spiro atoms. The van der Waals surface area contributed by atoms with Crippen molar-refractivity contribution in [3.63, 3.8) is 0 Å². The van der Waals surface area contributed by atoms with Crippen LogP contribution in [0.4, 0.5) is 9.18 Å². The standard InChI is InChI=1S/C24H30FN5O/c25-19-10-6-14-26-22(19)16-27-24(31)30-15-7-9-18(17-30)8-2-1-3-13-23-28-20-11-4-5-12-21(20)29-23/h4-6,10-12,14,18H,1-3,7-9,13,15-17H2,(H,27,31)(H,28,29). The minimum absolute atomic E-state index is 0.120. The molecule has 3 heterocycles. The molecule has 0 bridgehead atoms. The van der Waals surface area contributed by atoms with Gasteiger partial charge in [-0.2, -0.15) is 0 Å². The lowest BCUT2D eigenvalue weighted by atomic mass is 9.92. The van der Waals surface area contributed by atoms with Crippen LogP contribution in [0.25, 0.3) is 11.0 Å². The van der Waals surface area contributed by atoms with E-state index in [-0.39, 0.29) is 24.1 Å². The van der Waals surface area contributed by atoms with Crippen molar-refractivity contribution in [2.75, 3.05) is 13.1 Å². The van der Waals surface area contributed by atoms with Crippen molar-refractivity contribution in [3.05, 3.63) is 59.9 Å². The van der Waals surface area contributed by atoms with Crippen LogP contribution in [0.2, 0.25) is 0 Å². The summed E-state index contributed by atoms with van der Waals surface area (Å²) in [5.74, 6) is 1.21. The predicted octanol–water partition coefficient (Wildman–Crippen LogP) is 4.82. The van der Waals surface area contributed by atoms with Gasteiger partial charge in [0.15, 0.2) is 0 Å². The molecule has 6 nitrogen and oxygen atoms in total. The normalized spacial score (nSPS) is 16.5. The third-order valence-electron chi connectivity index (χ3n) is 6.01. The zero-order chi connectivity index (χ0) is 21.5. The average molecular weight is 424 g/mol. The molecular weight excluding hydrogens is 393 g/mol. The predicted molar refractivity (Wildman–Crippen MR) is 119 cm³/mol. The quantitative estimate of drug-likeness (QED) is 0.510. The number of hydrogen-bond acceptors (Lipinski definition) is 3. The molecular formula is C24H30FN5O. The first-order chi connectivity index (χ1) is 15.2. The summed E-state index contributed by atoms with van der Waals surface area (Å²) in [5, 5.41) is 2.81. The average Bonchev–Trinajstić information content (AvgIpc) is 3.21. The zero-order valence-corrected chi connectivity index (χ0v) is 17.8. The smallest absolute Gasteiger partial charge is 0.317 e. The van der Waals surface area contributed by atoms with Crippen LogP contribution in [-0.4, -0.2) is 39.0 Å². The third kappa shape index (κ3) is 5.81. The highest BCUT2D eigenvalue weighted by Crippen LogP contribution is 2.22. The number of unbranched alkanes of at least 4 members (excludes halogenated alkanes) is 2. The molecule has 2 aromatic heterocycles. The van der Waals surface area contributed by atoms with Crippen LogP contribution in [0.5, 0.6) is 0 Å². The van der Waals surface area contributed by atoms with Crippen LogP contribution in [0, 0.1) is 11.7 Å². The van der Waals surface area contributed by atoms with Gasteiger partial charge in [0, 0.05) is 25.7 Å². The number of amides is 2. The van der Waals surface area contributed by atoms with E-state index in [0.717, 1.165) is 55.6 Å². The van der Waals surface area contributed by atoms with Gasteiger partial charge in [-0.1, -0.05) is 25.0 Å². The van der Waals surface area contributed by atoms with Gasteiger partial charge in [0.25, 0.3) is 0 Å². The highest BCUT2D eigenvalue weighted by atomic mass is 19.1. The van der Waals surface area contributed by atoms with E-state index in [9.17, 15) is 9.18 Å². The van der Waals surface area contributed by atoms with Crippen LogP contribution >= 0.6 is 0 Å². The largest absolute Gasteiger partial charge is 0.342 e. The number of H-pyrrole nitrogens is 1. The summed E-state index contributed by atoms with van der Waals surface area (Å²) in [6.07, 6.45) is 9.29. The minimum atomic E-state index is -0.387. The molecule has 1 fully saturated rings. The van der Waals surface area contributed by atoms with Gasteiger partial charge in [0.2, 0.25) is 0 Å². The fraction of sp³-hybridized carbons (Fsp3) is 0.458. The maximum Gasteiger partial charge on any atom is 0.317 e. The molecule has 1 aromatic carbocycles. The second-order valence-corrected chi connectivity index (χ2v) is 8.34. The number of aromatic nitrogens is 3. The molecule has 1 aliphatic heterocycles. The van der Waals surface area contributed by atoms with Crippen molar-refractivity contribution in [2.24, 2.45) is 5.92 Å². The molecule has 1 atom stereocenters. The Bertz CT molecular complexity index is 971. The number of nitrogens with zero attached hydrogens (tertiary/aromatic N) is 3. The Morgan fingerprint density at radius 1 is 1.19 bits per heavy atom. The number of halogens is 1. The Balaban J connectivity index is 1.15. The number of carbonyl (C=O) groups is 1. The summed E-state index contributed by atoms with van der Waals surface area (Å²) in [5.41, 5.74) is 2.40. The third-order valence-corrected chi connectivity index (χ3v) is 6.01. The van der Waals surface area contributed by atoms with E-state index in [0.29, 0.717) is 5.92 Å². The number of carbonyl (C=O) groups excluding carboxylic acids is 1. The second kappa shape index (κ2) is 10.4. The molecule has 3 aromatic rings. The van der Waals surface area contributed by atoms with Gasteiger partial charge in [-0.05, 0) is 55.9 Å². The van der Waals surface area contributed by atoms with Crippen LogP contribution in [0.3, 0.4) is 0 Å².